The molecule has 26 heavy (non-hydrogen) atoms. The Morgan fingerprint density at radius 3 is 2.73 bits per heavy atom. The molecule has 2 aliphatic rings. The van der Waals surface area contributed by atoms with Crippen molar-refractivity contribution in [1.82, 2.24) is 15.3 Å². The summed E-state index contributed by atoms with van der Waals surface area (Å²) in [5.41, 5.74) is 2.96. The van der Waals surface area contributed by atoms with E-state index in [1.54, 1.807) is 12.4 Å². The maximum atomic E-state index is 12.1. The highest BCUT2D eigenvalue weighted by molar-refractivity contribution is 6.32. The van der Waals surface area contributed by atoms with Gasteiger partial charge in [-0.1, -0.05) is 24.4 Å². The second-order valence-electron chi connectivity index (χ2n) is 7.18. The van der Waals surface area contributed by atoms with E-state index in [0.29, 0.717) is 23.9 Å². The zero-order valence-electron chi connectivity index (χ0n) is 14.6. The van der Waals surface area contributed by atoms with Crippen LogP contribution < -0.4 is 10.1 Å². The lowest BCUT2D eigenvalue weighted by molar-refractivity contribution is -0.122. The predicted molar refractivity (Wildman–Crippen MR) is 100 cm³/mol. The van der Waals surface area contributed by atoms with Crippen molar-refractivity contribution in [3.63, 3.8) is 0 Å². The Labute approximate surface area is 158 Å². The van der Waals surface area contributed by atoms with Crippen molar-refractivity contribution in [2.45, 2.75) is 44.6 Å². The number of halogens is 1. The van der Waals surface area contributed by atoms with Gasteiger partial charge in [-0.15, -0.1) is 0 Å². The van der Waals surface area contributed by atoms with E-state index in [2.05, 4.69) is 21.4 Å². The fourth-order valence-electron chi connectivity index (χ4n) is 3.89. The van der Waals surface area contributed by atoms with Crippen molar-refractivity contribution >= 4 is 17.5 Å². The molecule has 1 saturated carbocycles. The van der Waals surface area contributed by atoms with Gasteiger partial charge in [-0.3, -0.25) is 4.79 Å². The smallest absolute Gasteiger partial charge is 0.220 e. The molecule has 0 saturated heterocycles. The third-order valence-electron chi connectivity index (χ3n) is 5.22. The van der Waals surface area contributed by atoms with Gasteiger partial charge < -0.3 is 10.1 Å². The molecule has 2 aromatic rings. The van der Waals surface area contributed by atoms with Crippen LogP contribution in [0.1, 0.15) is 37.7 Å². The van der Waals surface area contributed by atoms with Crippen LogP contribution in [0.5, 0.6) is 5.75 Å². The van der Waals surface area contributed by atoms with Gasteiger partial charge in [0.1, 0.15) is 18.2 Å². The third kappa shape index (κ3) is 3.83. The molecule has 1 fully saturated rings. The van der Waals surface area contributed by atoms with Gasteiger partial charge in [0.2, 0.25) is 5.91 Å². The minimum Gasteiger partial charge on any atom is -0.486 e. The summed E-state index contributed by atoms with van der Waals surface area (Å²) in [6, 6.07) is 3.94. The summed E-state index contributed by atoms with van der Waals surface area (Å²) in [4.78, 5) is 20.2. The average Bonchev–Trinajstić information content (AvgIpc) is 3.30. The molecule has 6 heteroatoms. The third-order valence-corrected chi connectivity index (χ3v) is 5.50. The van der Waals surface area contributed by atoms with Gasteiger partial charge in [0.05, 0.1) is 11.6 Å². The Morgan fingerprint density at radius 1 is 1.19 bits per heavy atom. The molecular formula is C20H22ClN3O2. The number of benzene rings is 1. The molecule has 136 valence electrons. The van der Waals surface area contributed by atoms with Gasteiger partial charge >= 0.3 is 0 Å². The summed E-state index contributed by atoms with van der Waals surface area (Å²) in [5.74, 6) is 1.41. The highest BCUT2D eigenvalue weighted by Gasteiger charge is 2.27. The van der Waals surface area contributed by atoms with Crippen LogP contribution in [0.25, 0.3) is 11.1 Å². The Balaban J connectivity index is 1.37. The lowest BCUT2D eigenvalue weighted by Gasteiger charge is -2.14. The van der Waals surface area contributed by atoms with E-state index in [4.69, 9.17) is 16.3 Å². The Hall–Kier alpha value is -2.14. The molecular weight excluding hydrogens is 350 g/mol. The molecule has 4 rings (SSSR count). The van der Waals surface area contributed by atoms with Gasteiger partial charge in [-0.2, -0.15) is 0 Å². The van der Waals surface area contributed by atoms with Gasteiger partial charge in [-0.25, -0.2) is 9.97 Å². The summed E-state index contributed by atoms with van der Waals surface area (Å²) in [6.45, 7) is 0.514. The SMILES string of the molecule is O=C(CC1CCCC1)NCC1Cc2cc(-c3cncnc3)cc(Cl)c2O1. The summed E-state index contributed by atoms with van der Waals surface area (Å²) in [6.07, 6.45) is 11.2. The average molecular weight is 372 g/mol. The lowest BCUT2D eigenvalue weighted by Crippen LogP contribution is -2.35. The fraction of sp³-hybridized carbons (Fsp3) is 0.450. The first kappa shape index (κ1) is 17.3. The molecule has 0 spiro atoms. The number of hydrogen-bond acceptors (Lipinski definition) is 4. The van der Waals surface area contributed by atoms with Crippen molar-refractivity contribution in [1.29, 1.82) is 0 Å². The second-order valence-corrected chi connectivity index (χ2v) is 7.58. The summed E-state index contributed by atoms with van der Waals surface area (Å²) in [5, 5.41) is 3.61. The topological polar surface area (TPSA) is 64.1 Å². The van der Waals surface area contributed by atoms with E-state index < -0.39 is 0 Å². The molecule has 1 aromatic carbocycles. The first-order valence-corrected chi connectivity index (χ1v) is 9.58. The molecule has 1 atom stereocenters. The molecule has 0 radical (unpaired) electrons. The number of carbonyl (C=O) groups excluding carboxylic acids is 1. The van der Waals surface area contributed by atoms with Crippen molar-refractivity contribution in [3.05, 3.63) is 41.4 Å². The second kappa shape index (κ2) is 7.62. The quantitative estimate of drug-likeness (QED) is 0.868. The van der Waals surface area contributed by atoms with Crippen LogP contribution in [0.4, 0.5) is 0 Å². The minimum atomic E-state index is -0.0719. The number of ether oxygens (including phenoxy) is 1. The zero-order chi connectivity index (χ0) is 17.9. The standard InChI is InChI=1S/C20H22ClN3O2/c21-18-8-14(16-9-22-12-23-10-16)6-15-7-17(26-20(15)18)11-24-19(25)5-13-3-1-2-4-13/h6,8-10,12-13,17H,1-5,7,11H2,(H,24,25). The first-order chi connectivity index (χ1) is 12.7. The summed E-state index contributed by atoms with van der Waals surface area (Å²) < 4.78 is 5.97. The number of fused-ring (bicyclic) bond motifs is 1. The monoisotopic (exact) mass is 371 g/mol. The van der Waals surface area contributed by atoms with Crippen LogP contribution in [-0.4, -0.2) is 28.5 Å². The van der Waals surface area contributed by atoms with Crippen LogP contribution in [-0.2, 0) is 11.2 Å². The van der Waals surface area contributed by atoms with Gasteiger partial charge in [-0.05, 0) is 36.5 Å². The molecule has 2 heterocycles. The Bertz CT molecular complexity index is 791. The van der Waals surface area contributed by atoms with Crippen LogP contribution in [0, 0.1) is 5.92 Å². The highest BCUT2D eigenvalue weighted by Crippen LogP contribution is 2.39. The van der Waals surface area contributed by atoms with E-state index in [-0.39, 0.29) is 12.0 Å². The Kier molecular flexibility index (Phi) is 5.07. The van der Waals surface area contributed by atoms with E-state index in [1.807, 2.05) is 6.07 Å². The van der Waals surface area contributed by atoms with Crippen molar-refractivity contribution in [2.24, 2.45) is 5.92 Å². The van der Waals surface area contributed by atoms with Crippen LogP contribution in [0.3, 0.4) is 0 Å². The number of nitrogens with one attached hydrogen (secondary N) is 1. The van der Waals surface area contributed by atoms with Gasteiger partial charge in [0, 0.05) is 36.4 Å². The molecule has 5 nitrogen and oxygen atoms in total. The molecule has 0 bridgehead atoms. The highest BCUT2D eigenvalue weighted by atomic mass is 35.5. The number of aromatic nitrogens is 2. The van der Waals surface area contributed by atoms with E-state index in [0.717, 1.165) is 28.9 Å². The van der Waals surface area contributed by atoms with Crippen molar-refractivity contribution in [3.8, 4) is 16.9 Å². The minimum absolute atomic E-state index is 0.0719. The van der Waals surface area contributed by atoms with Crippen LogP contribution >= 0.6 is 11.6 Å². The molecule has 1 aromatic heterocycles. The van der Waals surface area contributed by atoms with Crippen molar-refractivity contribution < 1.29 is 9.53 Å². The number of rotatable bonds is 5. The number of hydrogen-bond donors (Lipinski definition) is 1. The normalized spacial score (nSPS) is 19.2. The summed E-state index contributed by atoms with van der Waals surface area (Å²) >= 11 is 6.41. The maximum Gasteiger partial charge on any atom is 0.220 e. The van der Waals surface area contributed by atoms with Gasteiger partial charge in [0.25, 0.3) is 0 Å². The first-order valence-electron chi connectivity index (χ1n) is 9.20. The van der Waals surface area contributed by atoms with Crippen LogP contribution in [0.15, 0.2) is 30.9 Å². The molecule has 1 aliphatic carbocycles. The van der Waals surface area contributed by atoms with Crippen molar-refractivity contribution in [2.75, 3.05) is 6.54 Å². The van der Waals surface area contributed by atoms with Gasteiger partial charge in [0.15, 0.2) is 0 Å². The number of amides is 1. The van der Waals surface area contributed by atoms with E-state index in [1.165, 1.54) is 32.0 Å². The Morgan fingerprint density at radius 2 is 1.96 bits per heavy atom. The molecule has 1 unspecified atom stereocenters. The number of carbonyl (C=O) groups is 1. The largest absolute Gasteiger partial charge is 0.486 e. The van der Waals surface area contributed by atoms with Crippen LogP contribution in [0.2, 0.25) is 5.02 Å². The fourth-order valence-corrected chi connectivity index (χ4v) is 4.18. The maximum absolute atomic E-state index is 12.1. The zero-order valence-corrected chi connectivity index (χ0v) is 15.3. The van der Waals surface area contributed by atoms with E-state index in [9.17, 15) is 4.79 Å². The molecule has 1 amide bonds. The number of nitrogens with zero attached hydrogens (tertiary/aromatic N) is 2. The lowest BCUT2D eigenvalue weighted by atomic mass is 10.0. The summed E-state index contributed by atoms with van der Waals surface area (Å²) in [7, 11) is 0. The predicted octanol–water partition coefficient (Wildman–Crippen LogP) is 3.80. The molecule has 1 aliphatic heterocycles. The molecule has 1 N–H and O–H groups in total. The van der Waals surface area contributed by atoms with E-state index >= 15 is 0 Å².